The first kappa shape index (κ1) is 19.6. The molecule has 0 aromatic heterocycles. The number of carbonyl (C=O) groups excluding carboxylic acids is 3. The van der Waals surface area contributed by atoms with E-state index in [2.05, 4.69) is 0 Å². The zero-order valence-electron chi connectivity index (χ0n) is 16.2. The minimum Gasteiger partial charge on any atom is -0.330 e. The maximum Gasteiger partial charge on any atom is 0.262 e. The average molecular weight is 413 g/mol. The Hall–Kier alpha value is -2.70. The molecule has 1 atom stereocenters. The lowest BCUT2D eigenvalue weighted by molar-refractivity contribution is -0.917. The molecule has 2 aromatic carbocycles. The van der Waals surface area contributed by atoms with E-state index in [0.717, 1.165) is 35.1 Å². The number of rotatable bonds is 4. The van der Waals surface area contributed by atoms with E-state index in [0.29, 0.717) is 24.2 Å². The first-order valence-corrected chi connectivity index (χ1v) is 10.2. The van der Waals surface area contributed by atoms with E-state index in [-0.39, 0.29) is 5.91 Å². The molecular weight excluding hydrogens is 390 g/mol. The molecule has 2 aromatic rings. The van der Waals surface area contributed by atoms with Gasteiger partial charge in [0.15, 0.2) is 0 Å². The molecule has 2 aliphatic heterocycles. The van der Waals surface area contributed by atoms with Gasteiger partial charge in [-0.3, -0.25) is 19.3 Å². The summed E-state index contributed by atoms with van der Waals surface area (Å²) in [5.41, 5.74) is 1.83. The highest BCUT2D eigenvalue weighted by molar-refractivity contribution is 6.31. The largest absolute Gasteiger partial charge is 0.330 e. The number of halogens is 1. The van der Waals surface area contributed by atoms with E-state index >= 15 is 0 Å². The summed E-state index contributed by atoms with van der Waals surface area (Å²) >= 11 is 6.26. The molecule has 7 heteroatoms. The zero-order chi connectivity index (χ0) is 20.5. The Labute approximate surface area is 174 Å². The summed E-state index contributed by atoms with van der Waals surface area (Å²) in [6.45, 7) is 5.22. The van der Waals surface area contributed by atoms with Crippen molar-refractivity contribution in [2.75, 3.05) is 26.2 Å². The molecule has 2 aliphatic rings. The Morgan fingerprint density at radius 3 is 2.14 bits per heavy atom. The van der Waals surface area contributed by atoms with Gasteiger partial charge < -0.3 is 9.80 Å². The molecule has 4 rings (SSSR count). The Bertz CT molecular complexity index is 934. The maximum absolute atomic E-state index is 13.0. The van der Waals surface area contributed by atoms with Crippen molar-refractivity contribution in [1.82, 2.24) is 9.80 Å². The fraction of sp³-hybridized carbons (Fsp3) is 0.318. The van der Waals surface area contributed by atoms with E-state index in [1.165, 1.54) is 4.90 Å². The van der Waals surface area contributed by atoms with Crippen LogP contribution in [-0.2, 0) is 11.3 Å². The second-order valence-electron chi connectivity index (χ2n) is 7.55. The van der Waals surface area contributed by atoms with Crippen molar-refractivity contribution in [3.8, 4) is 0 Å². The topological polar surface area (TPSA) is 62.1 Å². The van der Waals surface area contributed by atoms with Gasteiger partial charge in [0.25, 0.3) is 11.8 Å². The first-order chi connectivity index (χ1) is 14.0. The second kappa shape index (κ2) is 7.97. The van der Waals surface area contributed by atoms with Crippen molar-refractivity contribution < 1.29 is 19.3 Å². The van der Waals surface area contributed by atoms with Gasteiger partial charge in [0.05, 0.1) is 37.3 Å². The van der Waals surface area contributed by atoms with E-state index in [1.807, 2.05) is 24.3 Å². The number of hydrogen-bond donors (Lipinski definition) is 1. The third kappa shape index (κ3) is 3.66. The minimum atomic E-state index is -0.812. The molecule has 150 valence electrons. The van der Waals surface area contributed by atoms with Crippen LogP contribution in [0.5, 0.6) is 0 Å². The van der Waals surface area contributed by atoms with Gasteiger partial charge in [-0.25, -0.2) is 0 Å². The smallest absolute Gasteiger partial charge is 0.262 e. The minimum absolute atomic E-state index is 0.184. The summed E-state index contributed by atoms with van der Waals surface area (Å²) in [7, 11) is 0. The van der Waals surface area contributed by atoms with Crippen LogP contribution in [0.2, 0.25) is 5.02 Å². The number of benzene rings is 2. The van der Waals surface area contributed by atoms with E-state index in [9.17, 15) is 14.4 Å². The van der Waals surface area contributed by atoms with Crippen molar-refractivity contribution in [3.05, 3.63) is 70.2 Å². The van der Waals surface area contributed by atoms with Gasteiger partial charge in [-0.1, -0.05) is 41.9 Å². The normalized spacial score (nSPS) is 18.1. The fourth-order valence-corrected chi connectivity index (χ4v) is 4.27. The van der Waals surface area contributed by atoms with Crippen LogP contribution >= 0.6 is 11.6 Å². The van der Waals surface area contributed by atoms with Crippen LogP contribution < -0.4 is 4.90 Å². The van der Waals surface area contributed by atoms with Gasteiger partial charge in [0, 0.05) is 10.6 Å². The predicted molar refractivity (Wildman–Crippen MR) is 109 cm³/mol. The molecular formula is C22H23ClN3O3+. The summed E-state index contributed by atoms with van der Waals surface area (Å²) < 4.78 is 0. The van der Waals surface area contributed by atoms with Gasteiger partial charge >= 0.3 is 0 Å². The van der Waals surface area contributed by atoms with Crippen molar-refractivity contribution in [3.63, 3.8) is 0 Å². The fourth-order valence-electron chi connectivity index (χ4n) is 4.07. The van der Waals surface area contributed by atoms with Gasteiger partial charge in [-0.2, -0.15) is 0 Å². The van der Waals surface area contributed by atoms with Crippen molar-refractivity contribution in [1.29, 1.82) is 0 Å². The number of hydrogen-bond acceptors (Lipinski definition) is 3. The van der Waals surface area contributed by atoms with Crippen molar-refractivity contribution in [2.45, 2.75) is 19.5 Å². The van der Waals surface area contributed by atoms with Crippen LogP contribution in [0.3, 0.4) is 0 Å². The Kier molecular flexibility index (Phi) is 5.39. The molecule has 1 saturated heterocycles. The molecule has 2 heterocycles. The molecule has 0 radical (unpaired) electrons. The number of amides is 3. The lowest BCUT2D eigenvalue weighted by atomic mass is 10.1. The van der Waals surface area contributed by atoms with Gasteiger partial charge in [0.2, 0.25) is 5.91 Å². The van der Waals surface area contributed by atoms with Crippen LogP contribution in [0, 0.1) is 0 Å². The second-order valence-corrected chi connectivity index (χ2v) is 7.95. The summed E-state index contributed by atoms with van der Waals surface area (Å²) in [6.07, 6.45) is 0. The highest BCUT2D eigenvalue weighted by Gasteiger charge is 2.42. The van der Waals surface area contributed by atoms with Gasteiger partial charge in [-0.15, -0.1) is 0 Å². The number of fused-ring (bicyclic) bond motifs is 1. The summed E-state index contributed by atoms with van der Waals surface area (Å²) in [6, 6.07) is 13.7. The Morgan fingerprint density at radius 1 is 1.00 bits per heavy atom. The third-order valence-electron chi connectivity index (χ3n) is 5.75. The third-order valence-corrected chi connectivity index (χ3v) is 6.12. The van der Waals surface area contributed by atoms with Crippen molar-refractivity contribution >= 4 is 29.3 Å². The van der Waals surface area contributed by atoms with Gasteiger partial charge in [0.1, 0.15) is 12.6 Å². The van der Waals surface area contributed by atoms with E-state index < -0.39 is 17.9 Å². The number of carbonyl (C=O) groups is 3. The highest BCUT2D eigenvalue weighted by atomic mass is 35.5. The van der Waals surface area contributed by atoms with Crippen LogP contribution in [0.4, 0.5) is 0 Å². The molecule has 6 nitrogen and oxygen atoms in total. The molecule has 29 heavy (non-hydrogen) atoms. The molecule has 0 spiro atoms. The number of piperazine rings is 1. The number of quaternary nitrogens is 1. The Morgan fingerprint density at radius 2 is 1.55 bits per heavy atom. The molecule has 3 amide bonds. The SMILES string of the molecule is C[C@@H](C(=O)N1CC[NH+](Cc2ccccc2Cl)CC1)N1C(=O)c2ccccc2C1=O. The maximum atomic E-state index is 13.0. The summed E-state index contributed by atoms with van der Waals surface area (Å²) in [5, 5.41) is 0.762. The molecule has 1 fully saturated rings. The number of imide groups is 1. The van der Waals surface area contributed by atoms with Crippen LogP contribution in [-0.4, -0.2) is 59.7 Å². The van der Waals surface area contributed by atoms with Crippen LogP contribution in [0.25, 0.3) is 0 Å². The number of nitrogens with zero attached hydrogens (tertiary/aromatic N) is 2. The lowest BCUT2D eigenvalue weighted by Gasteiger charge is -2.35. The predicted octanol–water partition coefficient (Wildman–Crippen LogP) is 1.25. The van der Waals surface area contributed by atoms with Crippen LogP contribution in [0.1, 0.15) is 33.2 Å². The average Bonchev–Trinajstić information content (AvgIpc) is 3.00. The van der Waals surface area contributed by atoms with Crippen molar-refractivity contribution in [2.24, 2.45) is 0 Å². The molecule has 0 bridgehead atoms. The van der Waals surface area contributed by atoms with Crippen LogP contribution in [0.15, 0.2) is 48.5 Å². The Balaban J connectivity index is 1.38. The number of nitrogens with one attached hydrogen (secondary N) is 1. The molecule has 0 aliphatic carbocycles. The summed E-state index contributed by atoms with van der Waals surface area (Å²) in [5.74, 6) is -0.972. The standard InChI is InChI=1S/C22H22ClN3O3/c1-15(26-21(28)17-7-3-4-8-18(17)22(26)29)20(27)25-12-10-24(11-13-25)14-16-6-2-5-9-19(16)23/h2-9,15H,10-14H2,1H3/p+1/t15-/m0/s1. The molecule has 1 N–H and O–H groups in total. The zero-order valence-corrected chi connectivity index (χ0v) is 17.0. The molecule has 0 unspecified atom stereocenters. The van der Waals surface area contributed by atoms with E-state index in [1.54, 1.807) is 36.1 Å². The lowest BCUT2D eigenvalue weighted by Crippen LogP contribution is -3.13. The summed E-state index contributed by atoms with van der Waals surface area (Å²) in [4.78, 5) is 42.5. The molecule has 0 saturated carbocycles. The van der Waals surface area contributed by atoms with E-state index in [4.69, 9.17) is 11.6 Å². The highest BCUT2D eigenvalue weighted by Crippen LogP contribution is 2.25. The monoisotopic (exact) mass is 412 g/mol. The quantitative estimate of drug-likeness (QED) is 0.769. The first-order valence-electron chi connectivity index (χ1n) is 9.80. The van der Waals surface area contributed by atoms with Gasteiger partial charge in [-0.05, 0) is 25.1 Å².